The number of ether oxygens (including phenoxy) is 3. The Balaban J connectivity index is 1.93. The molecule has 1 atom stereocenters. The number of methoxy groups -OCH3 is 1. The van der Waals surface area contributed by atoms with Gasteiger partial charge in [-0.2, -0.15) is 0 Å². The van der Waals surface area contributed by atoms with Crippen LogP contribution in [0.2, 0.25) is 0 Å². The van der Waals surface area contributed by atoms with Gasteiger partial charge in [-0.05, 0) is 62.0 Å². The van der Waals surface area contributed by atoms with Crippen LogP contribution in [0.25, 0.3) is 6.08 Å². The third kappa shape index (κ3) is 3.26. The Morgan fingerprint density at radius 1 is 1.17 bits per heavy atom. The lowest BCUT2D eigenvalue weighted by atomic mass is 9.89. The second-order valence-electron chi connectivity index (χ2n) is 6.10. The van der Waals surface area contributed by atoms with E-state index in [1.807, 2.05) is 37.3 Å². The lowest BCUT2D eigenvalue weighted by molar-refractivity contribution is 0.0933. The maximum atomic E-state index is 11.8. The van der Waals surface area contributed by atoms with Gasteiger partial charge in [0.25, 0.3) is 0 Å². The van der Waals surface area contributed by atoms with Crippen LogP contribution in [0.1, 0.15) is 44.6 Å². The minimum atomic E-state index is -0.790. The summed E-state index contributed by atoms with van der Waals surface area (Å²) in [5.74, 6) is 1.35. The molecule has 0 bridgehead atoms. The molecular weight excluding hydrogens is 292 g/mol. The zero-order chi connectivity index (χ0) is 16.3. The molecule has 122 valence electrons. The van der Waals surface area contributed by atoms with Crippen LogP contribution in [-0.4, -0.2) is 18.9 Å². The molecule has 0 radical (unpaired) electrons. The van der Waals surface area contributed by atoms with Gasteiger partial charge in [0.05, 0.1) is 7.11 Å². The highest BCUT2D eigenvalue weighted by molar-refractivity contribution is 5.72. The molecule has 1 aliphatic carbocycles. The van der Waals surface area contributed by atoms with Crippen molar-refractivity contribution in [3.63, 3.8) is 0 Å². The molecule has 4 heteroatoms. The Bertz CT molecular complexity index is 642. The van der Waals surface area contributed by atoms with Gasteiger partial charge in [-0.1, -0.05) is 24.6 Å². The number of rotatable bonds is 3. The van der Waals surface area contributed by atoms with Crippen LogP contribution in [0.5, 0.6) is 5.75 Å². The second-order valence-corrected chi connectivity index (χ2v) is 6.10. The van der Waals surface area contributed by atoms with E-state index in [2.05, 4.69) is 6.08 Å². The van der Waals surface area contributed by atoms with Crippen LogP contribution < -0.4 is 4.74 Å². The average molecular weight is 314 g/mol. The highest BCUT2D eigenvalue weighted by Gasteiger charge is 2.46. The van der Waals surface area contributed by atoms with Crippen molar-refractivity contribution in [2.75, 3.05) is 7.11 Å². The number of benzene rings is 1. The van der Waals surface area contributed by atoms with Crippen molar-refractivity contribution >= 4 is 12.2 Å². The standard InChI is InChI=1S/C19H22O4/c1-19(15-7-5-3-4-6-8-15)17(22-18(20)23-19)13-14-9-11-16(21-2)12-10-14/h7,9-13H,3-6,8H2,1-2H3/b17-13-. The van der Waals surface area contributed by atoms with E-state index >= 15 is 0 Å². The Labute approximate surface area is 136 Å². The van der Waals surface area contributed by atoms with Crippen molar-refractivity contribution < 1.29 is 19.0 Å². The van der Waals surface area contributed by atoms with E-state index in [9.17, 15) is 4.79 Å². The Kier molecular flexibility index (Phi) is 4.42. The summed E-state index contributed by atoms with van der Waals surface area (Å²) in [6.45, 7) is 1.92. The lowest BCUT2D eigenvalue weighted by Gasteiger charge is -2.24. The van der Waals surface area contributed by atoms with Crippen molar-refractivity contribution in [3.05, 3.63) is 47.2 Å². The fourth-order valence-corrected chi connectivity index (χ4v) is 3.12. The van der Waals surface area contributed by atoms with Gasteiger partial charge in [0.1, 0.15) is 5.75 Å². The Morgan fingerprint density at radius 2 is 1.96 bits per heavy atom. The van der Waals surface area contributed by atoms with Gasteiger partial charge >= 0.3 is 6.16 Å². The quantitative estimate of drug-likeness (QED) is 0.591. The van der Waals surface area contributed by atoms with Gasteiger partial charge in [0.15, 0.2) is 11.4 Å². The number of carbonyl (C=O) groups is 1. The molecule has 4 nitrogen and oxygen atoms in total. The van der Waals surface area contributed by atoms with Crippen molar-refractivity contribution in [2.45, 2.75) is 44.6 Å². The minimum absolute atomic E-state index is 0.556. The molecule has 0 aromatic heterocycles. The fourth-order valence-electron chi connectivity index (χ4n) is 3.12. The molecule has 1 unspecified atom stereocenters. The normalized spacial score (nSPS) is 26.3. The lowest BCUT2D eigenvalue weighted by Crippen LogP contribution is -2.28. The predicted octanol–water partition coefficient (Wildman–Crippen LogP) is 4.85. The molecule has 3 rings (SSSR count). The first-order chi connectivity index (χ1) is 11.1. The maximum Gasteiger partial charge on any atom is 0.515 e. The van der Waals surface area contributed by atoms with Crippen molar-refractivity contribution in [3.8, 4) is 5.75 Å². The first-order valence-electron chi connectivity index (χ1n) is 8.08. The number of hydrogen-bond donors (Lipinski definition) is 0. The number of allylic oxidation sites excluding steroid dienone is 1. The molecule has 0 N–H and O–H groups in total. The third-order valence-corrected chi connectivity index (χ3v) is 4.52. The molecule has 23 heavy (non-hydrogen) atoms. The molecule has 1 fully saturated rings. The smallest absolute Gasteiger partial charge is 0.497 e. The SMILES string of the molecule is COc1ccc(/C=C2\OC(=O)OC2(C)C2=CCCCCC2)cc1. The third-order valence-electron chi connectivity index (χ3n) is 4.52. The number of cyclic esters (lactones) is 2. The van der Waals surface area contributed by atoms with Gasteiger partial charge in [-0.15, -0.1) is 0 Å². The summed E-state index contributed by atoms with van der Waals surface area (Å²) in [6.07, 6.45) is 8.93. The van der Waals surface area contributed by atoms with Gasteiger partial charge in [-0.3, -0.25) is 0 Å². The van der Waals surface area contributed by atoms with Gasteiger partial charge in [-0.25, -0.2) is 4.79 Å². The van der Waals surface area contributed by atoms with Crippen molar-refractivity contribution in [1.82, 2.24) is 0 Å². The zero-order valence-electron chi connectivity index (χ0n) is 13.6. The van der Waals surface area contributed by atoms with E-state index in [1.54, 1.807) is 7.11 Å². The number of hydrogen-bond acceptors (Lipinski definition) is 4. The van der Waals surface area contributed by atoms with Gasteiger partial charge in [0, 0.05) is 0 Å². The van der Waals surface area contributed by atoms with E-state index in [-0.39, 0.29) is 0 Å². The summed E-state index contributed by atoms with van der Waals surface area (Å²) in [5, 5.41) is 0. The van der Waals surface area contributed by atoms with Crippen molar-refractivity contribution in [1.29, 1.82) is 0 Å². The summed E-state index contributed by atoms with van der Waals surface area (Å²) in [5.41, 5.74) is 1.29. The van der Waals surface area contributed by atoms with Gasteiger partial charge < -0.3 is 14.2 Å². The molecule has 0 spiro atoms. The highest BCUT2D eigenvalue weighted by Crippen LogP contribution is 2.41. The summed E-state index contributed by atoms with van der Waals surface area (Å²) in [4.78, 5) is 11.8. The average Bonchev–Trinajstić information content (AvgIpc) is 2.75. The zero-order valence-corrected chi connectivity index (χ0v) is 13.6. The van der Waals surface area contributed by atoms with Crippen molar-refractivity contribution in [2.24, 2.45) is 0 Å². The van der Waals surface area contributed by atoms with E-state index in [4.69, 9.17) is 14.2 Å². The summed E-state index contributed by atoms with van der Waals surface area (Å²) in [7, 11) is 1.63. The first kappa shape index (κ1) is 15.7. The first-order valence-corrected chi connectivity index (χ1v) is 8.08. The summed E-state index contributed by atoms with van der Waals surface area (Å²) < 4.78 is 16.1. The molecule has 1 heterocycles. The van der Waals surface area contributed by atoms with Gasteiger partial charge in [0.2, 0.25) is 0 Å². The van der Waals surface area contributed by atoms with Crippen LogP contribution in [-0.2, 0) is 9.47 Å². The monoisotopic (exact) mass is 314 g/mol. The largest absolute Gasteiger partial charge is 0.515 e. The van der Waals surface area contributed by atoms with Crippen LogP contribution in [0.15, 0.2) is 41.7 Å². The van der Waals surface area contributed by atoms with E-state index in [0.717, 1.165) is 36.1 Å². The van der Waals surface area contributed by atoms with Crippen LogP contribution in [0, 0.1) is 0 Å². The molecule has 0 amide bonds. The highest BCUT2D eigenvalue weighted by atomic mass is 16.8. The Morgan fingerprint density at radius 3 is 2.70 bits per heavy atom. The van der Waals surface area contributed by atoms with Crippen LogP contribution in [0.4, 0.5) is 4.79 Å². The topological polar surface area (TPSA) is 44.8 Å². The van der Waals surface area contributed by atoms with E-state index < -0.39 is 11.8 Å². The molecular formula is C19H22O4. The molecule has 2 aliphatic rings. The summed E-state index contributed by atoms with van der Waals surface area (Å²) in [6, 6.07) is 7.62. The molecule has 1 aromatic rings. The van der Waals surface area contributed by atoms with E-state index in [1.165, 1.54) is 12.8 Å². The number of carbonyl (C=O) groups excluding carboxylic acids is 1. The molecule has 1 aliphatic heterocycles. The summed E-state index contributed by atoms with van der Waals surface area (Å²) >= 11 is 0. The van der Waals surface area contributed by atoms with Crippen LogP contribution in [0.3, 0.4) is 0 Å². The molecule has 1 aromatic carbocycles. The van der Waals surface area contributed by atoms with Crippen LogP contribution >= 0.6 is 0 Å². The predicted molar refractivity (Wildman–Crippen MR) is 88.1 cm³/mol. The molecule has 0 saturated carbocycles. The fraction of sp³-hybridized carbons (Fsp3) is 0.421. The molecule has 1 saturated heterocycles. The Hall–Kier alpha value is -2.23. The van der Waals surface area contributed by atoms with E-state index in [0.29, 0.717) is 5.76 Å². The second kappa shape index (κ2) is 6.49. The maximum absolute atomic E-state index is 11.8. The minimum Gasteiger partial charge on any atom is -0.497 e.